The van der Waals surface area contributed by atoms with Gasteiger partial charge in [0, 0.05) is 11.1 Å². The molecule has 0 atom stereocenters. The number of aryl methyl sites for hydroxylation is 1. The van der Waals surface area contributed by atoms with Gasteiger partial charge in [0.2, 0.25) is 0 Å². The fourth-order valence-electron chi connectivity index (χ4n) is 1.68. The summed E-state index contributed by atoms with van der Waals surface area (Å²) >= 11 is 5.84. The Balaban J connectivity index is 2.11. The lowest BCUT2D eigenvalue weighted by molar-refractivity contribution is 0.0954. The molecule has 0 spiro atoms. The summed E-state index contributed by atoms with van der Waals surface area (Å²) in [5, 5.41) is 3.97. The zero-order valence-electron chi connectivity index (χ0n) is 10.7. The van der Waals surface area contributed by atoms with Crippen LogP contribution in [0, 0.1) is 12.7 Å². The van der Waals surface area contributed by atoms with Gasteiger partial charge in [0.15, 0.2) is 0 Å². The molecule has 0 radical (unpaired) electrons. The minimum absolute atomic E-state index is 0.138. The van der Waals surface area contributed by atoms with Gasteiger partial charge in [0.05, 0.1) is 11.2 Å². The lowest BCUT2D eigenvalue weighted by atomic mass is 10.1. The van der Waals surface area contributed by atoms with E-state index in [0.717, 1.165) is 5.56 Å². The first kappa shape index (κ1) is 14.2. The van der Waals surface area contributed by atoms with Crippen LogP contribution < -0.4 is 5.43 Å². The molecule has 0 aromatic heterocycles. The van der Waals surface area contributed by atoms with Crippen molar-refractivity contribution >= 4 is 23.7 Å². The average Bonchev–Trinajstić information content (AvgIpc) is 2.42. The Morgan fingerprint density at radius 3 is 2.70 bits per heavy atom. The molecular formula is C15H12ClFN2O. The zero-order valence-corrected chi connectivity index (χ0v) is 11.5. The van der Waals surface area contributed by atoms with Crippen LogP contribution in [0.25, 0.3) is 0 Å². The highest BCUT2D eigenvalue weighted by Gasteiger charge is 2.07. The molecule has 0 heterocycles. The Kier molecular flexibility index (Phi) is 4.48. The number of halogens is 2. The number of carbonyl (C=O) groups excluding carboxylic acids is 1. The summed E-state index contributed by atoms with van der Waals surface area (Å²) < 4.78 is 13.5. The van der Waals surface area contributed by atoms with E-state index >= 15 is 0 Å². The molecule has 3 nitrogen and oxygen atoms in total. The molecule has 0 bridgehead atoms. The molecule has 0 saturated heterocycles. The molecule has 0 saturated carbocycles. The maximum atomic E-state index is 13.5. The molecule has 0 unspecified atom stereocenters. The van der Waals surface area contributed by atoms with Gasteiger partial charge in [-0.3, -0.25) is 4.79 Å². The van der Waals surface area contributed by atoms with Crippen molar-refractivity contribution < 1.29 is 9.18 Å². The van der Waals surface area contributed by atoms with E-state index in [1.54, 1.807) is 18.2 Å². The Morgan fingerprint density at radius 1 is 1.25 bits per heavy atom. The second kappa shape index (κ2) is 6.30. The van der Waals surface area contributed by atoms with Crippen molar-refractivity contribution in [1.82, 2.24) is 5.43 Å². The van der Waals surface area contributed by atoms with Gasteiger partial charge >= 0.3 is 0 Å². The minimum atomic E-state index is -0.494. The van der Waals surface area contributed by atoms with Gasteiger partial charge in [-0.15, -0.1) is 0 Å². The number of benzene rings is 2. The van der Waals surface area contributed by atoms with Gasteiger partial charge in [-0.05, 0) is 30.7 Å². The van der Waals surface area contributed by atoms with Crippen LogP contribution in [0.15, 0.2) is 47.6 Å². The van der Waals surface area contributed by atoms with Crippen molar-refractivity contribution in [3.05, 3.63) is 70.0 Å². The molecule has 0 aliphatic carbocycles. The predicted molar refractivity (Wildman–Crippen MR) is 77.6 cm³/mol. The van der Waals surface area contributed by atoms with E-state index in [2.05, 4.69) is 10.5 Å². The predicted octanol–water partition coefficient (Wildman–Crippen LogP) is 3.55. The first-order valence-corrected chi connectivity index (χ1v) is 6.30. The van der Waals surface area contributed by atoms with Gasteiger partial charge < -0.3 is 0 Å². The Morgan fingerprint density at radius 2 is 2.00 bits per heavy atom. The average molecular weight is 291 g/mol. The second-order valence-electron chi connectivity index (χ2n) is 4.15. The topological polar surface area (TPSA) is 41.5 Å². The molecule has 5 heteroatoms. The van der Waals surface area contributed by atoms with Crippen molar-refractivity contribution in [3.63, 3.8) is 0 Å². The van der Waals surface area contributed by atoms with Crippen LogP contribution >= 0.6 is 11.6 Å². The van der Waals surface area contributed by atoms with E-state index in [1.807, 2.05) is 19.1 Å². The van der Waals surface area contributed by atoms with E-state index in [4.69, 9.17) is 11.6 Å². The minimum Gasteiger partial charge on any atom is -0.267 e. The second-order valence-corrected chi connectivity index (χ2v) is 4.56. The van der Waals surface area contributed by atoms with Crippen LogP contribution in [0.4, 0.5) is 4.39 Å². The summed E-state index contributed by atoms with van der Waals surface area (Å²) in [6.07, 6.45) is 1.19. The van der Waals surface area contributed by atoms with Crippen LogP contribution in [0.3, 0.4) is 0 Å². The molecule has 1 amide bonds. The van der Waals surface area contributed by atoms with Gasteiger partial charge in [0.1, 0.15) is 5.82 Å². The molecular weight excluding hydrogens is 279 g/mol. The van der Waals surface area contributed by atoms with Gasteiger partial charge in [-0.1, -0.05) is 35.9 Å². The lowest BCUT2D eigenvalue weighted by Gasteiger charge is -2.03. The highest BCUT2D eigenvalue weighted by atomic mass is 35.5. The van der Waals surface area contributed by atoms with E-state index in [9.17, 15) is 9.18 Å². The standard InChI is InChI=1S/C15H12ClFN2O/c1-10-5-2-3-6-11(10)15(20)19-18-9-12-13(16)7-4-8-14(12)17/h2-9H,1H3,(H,19,20). The molecule has 0 aliphatic rings. The number of hydrogen-bond acceptors (Lipinski definition) is 2. The fourth-order valence-corrected chi connectivity index (χ4v) is 1.89. The molecule has 1 N–H and O–H groups in total. The third kappa shape index (κ3) is 3.22. The smallest absolute Gasteiger partial charge is 0.267 e. The molecule has 2 aromatic carbocycles. The number of rotatable bonds is 3. The van der Waals surface area contributed by atoms with Crippen molar-refractivity contribution in [1.29, 1.82) is 0 Å². The van der Waals surface area contributed by atoms with Crippen molar-refractivity contribution in [2.45, 2.75) is 6.92 Å². The number of amides is 1. The van der Waals surface area contributed by atoms with E-state index < -0.39 is 5.82 Å². The molecule has 0 fully saturated rings. The van der Waals surface area contributed by atoms with E-state index in [-0.39, 0.29) is 16.5 Å². The molecule has 2 rings (SSSR count). The Bertz CT molecular complexity index is 650. The number of nitrogens with one attached hydrogen (secondary N) is 1. The van der Waals surface area contributed by atoms with Gasteiger partial charge in [-0.2, -0.15) is 5.10 Å². The van der Waals surface area contributed by atoms with Crippen molar-refractivity contribution in [2.75, 3.05) is 0 Å². The van der Waals surface area contributed by atoms with Gasteiger partial charge in [-0.25, -0.2) is 9.82 Å². The summed E-state index contributed by atoms with van der Waals surface area (Å²) in [5.41, 5.74) is 3.84. The first-order chi connectivity index (χ1) is 9.59. The van der Waals surface area contributed by atoms with Crippen LogP contribution in [0.1, 0.15) is 21.5 Å². The molecule has 0 aliphatic heterocycles. The van der Waals surface area contributed by atoms with Crippen molar-refractivity contribution in [2.24, 2.45) is 5.10 Å². The quantitative estimate of drug-likeness (QED) is 0.681. The summed E-state index contributed by atoms with van der Waals surface area (Å²) in [7, 11) is 0. The summed E-state index contributed by atoms with van der Waals surface area (Å²) in [4.78, 5) is 11.9. The maximum Gasteiger partial charge on any atom is 0.271 e. The molecule has 20 heavy (non-hydrogen) atoms. The number of nitrogens with zero attached hydrogens (tertiary/aromatic N) is 1. The number of hydrazone groups is 1. The highest BCUT2D eigenvalue weighted by molar-refractivity contribution is 6.33. The highest BCUT2D eigenvalue weighted by Crippen LogP contribution is 2.16. The van der Waals surface area contributed by atoms with E-state index in [1.165, 1.54) is 18.3 Å². The van der Waals surface area contributed by atoms with Crippen LogP contribution in [0.2, 0.25) is 5.02 Å². The van der Waals surface area contributed by atoms with Gasteiger partial charge in [0.25, 0.3) is 5.91 Å². The lowest BCUT2D eigenvalue weighted by Crippen LogP contribution is -2.18. The SMILES string of the molecule is Cc1ccccc1C(=O)NN=Cc1c(F)cccc1Cl. The summed E-state index contributed by atoms with van der Waals surface area (Å²) in [5.74, 6) is -0.849. The van der Waals surface area contributed by atoms with Crippen LogP contribution in [-0.2, 0) is 0 Å². The van der Waals surface area contributed by atoms with Crippen molar-refractivity contribution in [3.8, 4) is 0 Å². The number of hydrogen-bond donors (Lipinski definition) is 1. The van der Waals surface area contributed by atoms with E-state index in [0.29, 0.717) is 5.56 Å². The number of carbonyl (C=O) groups is 1. The third-order valence-corrected chi connectivity index (χ3v) is 3.08. The summed E-state index contributed by atoms with van der Waals surface area (Å²) in [6.45, 7) is 1.83. The summed E-state index contributed by atoms with van der Waals surface area (Å²) in [6, 6.07) is 11.4. The Labute approximate surface area is 121 Å². The normalized spacial score (nSPS) is 10.8. The Hall–Kier alpha value is -2.20. The zero-order chi connectivity index (χ0) is 14.5. The van der Waals surface area contributed by atoms with Crippen LogP contribution in [0.5, 0.6) is 0 Å². The largest absolute Gasteiger partial charge is 0.271 e. The maximum absolute atomic E-state index is 13.5. The first-order valence-electron chi connectivity index (χ1n) is 5.92. The third-order valence-electron chi connectivity index (χ3n) is 2.75. The monoisotopic (exact) mass is 290 g/mol. The van der Waals surface area contributed by atoms with Crippen LogP contribution in [-0.4, -0.2) is 12.1 Å². The fraction of sp³-hybridized carbons (Fsp3) is 0.0667. The molecule has 2 aromatic rings. The molecule has 102 valence electrons.